The zero-order valence-electron chi connectivity index (χ0n) is 27.2. The molecule has 2 atom stereocenters. The Kier molecular flexibility index (Phi) is 7.47. The molecule has 4 nitrogen and oxygen atoms in total. The first-order chi connectivity index (χ1) is 22.1. The van der Waals surface area contributed by atoms with Crippen LogP contribution in [-0.4, -0.2) is 17.4 Å². The van der Waals surface area contributed by atoms with Gasteiger partial charge in [0.1, 0.15) is 17.1 Å². The number of fused-ring (bicyclic) bond motifs is 6. The van der Waals surface area contributed by atoms with Gasteiger partial charge in [-0.15, -0.1) is 0 Å². The highest BCUT2D eigenvalue weighted by Crippen LogP contribution is 2.46. The summed E-state index contributed by atoms with van der Waals surface area (Å²) in [5.74, 6) is 0.395. The van der Waals surface area contributed by atoms with Gasteiger partial charge in [0.2, 0.25) is 0 Å². The van der Waals surface area contributed by atoms with Crippen molar-refractivity contribution in [2.24, 2.45) is 0 Å². The van der Waals surface area contributed by atoms with Crippen molar-refractivity contribution in [3.05, 3.63) is 130 Å². The second-order valence-corrected chi connectivity index (χ2v) is 13.6. The summed E-state index contributed by atoms with van der Waals surface area (Å²) in [4.78, 5) is 13.2. The lowest BCUT2D eigenvalue weighted by Crippen LogP contribution is -2.46. The van der Waals surface area contributed by atoms with Gasteiger partial charge < -0.3 is 14.2 Å². The Labute approximate surface area is 271 Å². The summed E-state index contributed by atoms with van der Waals surface area (Å²) >= 11 is 0. The minimum atomic E-state index is -1.27. The fraction of sp³-hybridized carbons (Fsp3) is 0.262. The van der Waals surface area contributed by atoms with Crippen molar-refractivity contribution in [2.75, 3.05) is 0 Å². The molecule has 232 valence electrons. The third-order valence-corrected chi connectivity index (χ3v) is 9.10. The first-order valence-corrected chi connectivity index (χ1v) is 16.3. The highest BCUT2D eigenvalue weighted by molar-refractivity contribution is 5.97. The monoisotopic (exact) mass is 608 g/mol. The Morgan fingerprint density at radius 3 is 2.22 bits per heavy atom. The number of benzene rings is 5. The van der Waals surface area contributed by atoms with Crippen LogP contribution in [0.2, 0.25) is 0 Å². The summed E-state index contributed by atoms with van der Waals surface area (Å²) in [6.45, 7) is 10.1. The van der Waals surface area contributed by atoms with Crippen molar-refractivity contribution >= 4 is 39.7 Å². The molecule has 2 aliphatic heterocycles. The van der Waals surface area contributed by atoms with Crippen molar-refractivity contribution in [3.8, 4) is 11.5 Å². The summed E-state index contributed by atoms with van der Waals surface area (Å²) in [7, 11) is 0. The third-order valence-electron chi connectivity index (χ3n) is 9.10. The number of carbonyl (C=O) groups is 1. The van der Waals surface area contributed by atoms with Gasteiger partial charge in [0.25, 0.3) is 5.79 Å². The van der Waals surface area contributed by atoms with E-state index in [4.69, 9.17) is 14.2 Å². The number of ether oxygens (including phenoxy) is 3. The van der Waals surface area contributed by atoms with Crippen LogP contribution < -0.4 is 9.47 Å². The van der Waals surface area contributed by atoms with Crippen LogP contribution in [0, 0.1) is 0 Å². The van der Waals surface area contributed by atoms with E-state index < -0.39 is 11.4 Å². The first-order valence-electron chi connectivity index (χ1n) is 16.3. The van der Waals surface area contributed by atoms with Gasteiger partial charge in [-0.2, -0.15) is 0 Å². The number of rotatable bonds is 6. The molecule has 2 unspecified atom stereocenters. The molecule has 0 radical (unpaired) electrons. The SMILES string of the molecule is CCC(C)c1ccc(Cc2ccc3c4c(ccc3c2)OC2(C=Cc3c(ccc5ccccc35)O2)C(CC(=O)OC(C)(C)C)=C4)cc1. The van der Waals surface area contributed by atoms with E-state index in [2.05, 4.69) is 92.7 Å². The summed E-state index contributed by atoms with van der Waals surface area (Å²) in [6, 6.07) is 32.0. The molecule has 4 heteroatoms. The van der Waals surface area contributed by atoms with Gasteiger partial charge in [-0.05, 0) is 102 Å². The molecule has 5 aromatic rings. The molecule has 0 amide bonds. The van der Waals surface area contributed by atoms with Crippen LogP contribution >= 0.6 is 0 Å². The molecule has 5 aromatic carbocycles. The molecule has 0 saturated heterocycles. The van der Waals surface area contributed by atoms with Crippen molar-refractivity contribution in [3.63, 3.8) is 0 Å². The fourth-order valence-electron chi connectivity index (χ4n) is 6.53. The van der Waals surface area contributed by atoms with E-state index in [1.165, 1.54) is 16.7 Å². The highest BCUT2D eigenvalue weighted by atomic mass is 16.7. The van der Waals surface area contributed by atoms with Gasteiger partial charge in [0.05, 0.1) is 6.42 Å². The average Bonchev–Trinajstić information content (AvgIpc) is 3.04. The van der Waals surface area contributed by atoms with Crippen LogP contribution in [0.1, 0.15) is 81.2 Å². The minimum absolute atomic E-state index is 0.0328. The maximum absolute atomic E-state index is 13.2. The first kappa shape index (κ1) is 29.9. The van der Waals surface area contributed by atoms with E-state index in [9.17, 15) is 4.79 Å². The van der Waals surface area contributed by atoms with Gasteiger partial charge >= 0.3 is 5.97 Å². The number of hydrogen-bond acceptors (Lipinski definition) is 4. The molecule has 46 heavy (non-hydrogen) atoms. The van der Waals surface area contributed by atoms with Crippen LogP contribution in [0.15, 0.2) is 103 Å². The Morgan fingerprint density at radius 1 is 0.804 bits per heavy atom. The van der Waals surface area contributed by atoms with Gasteiger partial charge in [0, 0.05) is 22.8 Å². The van der Waals surface area contributed by atoms with Crippen molar-refractivity contribution in [2.45, 2.75) is 71.2 Å². The van der Waals surface area contributed by atoms with E-state index in [1.54, 1.807) is 0 Å². The quantitative estimate of drug-likeness (QED) is 0.180. The lowest BCUT2D eigenvalue weighted by molar-refractivity contribution is -0.155. The highest BCUT2D eigenvalue weighted by Gasteiger charge is 2.44. The number of hydrogen-bond donors (Lipinski definition) is 0. The molecular weight excluding hydrogens is 568 g/mol. The Morgan fingerprint density at radius 2 is 1.48 bits per heavy atom. The van der Waals surface area contributed by atoms with Crippen molar-refractivity contribution in [1.29, 1.82) is 0 Å². The van der Waals surface area contributed by atoms with E-state index in [0.717, 1.165) is 45.5 Å². The molecule has 1 spiro atoms. The molecule has 0 N–H and O–H groups in total. The predicted molar refractivity (Wildman–Crippen MR) is 187 cm³/mol. The standard InChI is InChI=1S/C42H40O4/c1-6-27(2)30-14-11-28(12-15-30)23-29-13-18-35-32(24-29)17-20-39-37(35)25-33(26-40(43)46-41(3,4)5)42(45-39)22-21-36-34-10-8-7-9-31(34)16-19-38(36)44-42/h7-22,24-25,27H,6,23,26H2,1-5H3. The van der Waals surface area contributed by atoms with Crippen LogP contribution in [0.3, 0.4) is 0 Å². The Hall–Kier alpha value is -4.83. The van der Waals surface area contributed by atoms with E-state index in [1.807, 2.05) is 51.1 Å². The third kappa shape index (κ3) is 5.69. The summed E-state index contributed by atoms with van der Waals surface area (Å²) in [5.41, 5.74) is 5.95. The molecule has 0 bridgehead atoms. The molecule has 0 fully saturated rings. The van der Waals surface area contributed by atoms with Crippen molar-refractivity contribution in [1.82, 2.24) is 0 Å². The molecule has 0 saturated carbocycles. The number of esters is 1. The predicted octanol–water partition coefficient (Wildman–Crippen LogP) is 10.4. The lowest BCUT2D eigenvalue weighted by atomic mass is 9.89. The molecule has 7 rings (SSSR count). The van der Waals surface area contributed by atoms with E-state index in [-0.39, 0.29) is 12.4 Å². The van der Waals surface area contributed by atoms with Crippen LogP contribution in [-0.2, 0) is 16.0 Å². The van der Waals surface area contributed by atoms with Gasteiger partial charge in [-0.3, -0.25) is 4.79 Å². The van der Waals surface area contributed by atoms with Gasteiger partial charge in [-0.25, -0.2) is 0 Å². The largest absolute Gasteiger partial charge is 0.460 e. The topological polar surface area (TPSA) is 44.8 Å². The second kappa shape index (κ2) is 11.5. The molecule has 0 aromatic heterocycles. The van der Waals surface area contributed by atoms with E-state index in [0.29, 0.717) is 23.0 Å². The van der Waals surface area contributed by atoms with E-state index >= 15 is 0 Å². The summed E-state index contributed by atoms with van der Waals surface area (Å²) in [5, 5.41) is 4.43. The van der Waals surface area contributed by atoms with Crippen LogP contribution in [0.4, 0.5) is 0 Å². The lowest BCUT2D eigenvalue weighted by Gasteiger charge is -2.40. The summed E-state index contributed by atoms with van der Waals surface area (Å²) in [6.07, 6.45) is 8.08. The second-order valence-electron chi connectivity index (χ2n) is 13.6. The fourth-order valence-corrected chi connectivity index (χ4v) is 6.53. The Balaban J connectivity index is 1.25. The van der Waals surface area contributed by atoms with Crippen LogP contribution in [0.5, 0.6) is 11.5 Å². The minimum Gasteiger partial charge on any atom is -0.460 e. The molecule has 2 aliphatic rings. The van der Waals surface area contributed by atoms with Crippen molar-refractivity contribution < 1.29 is 19.0 Å². The van der Waals surface area contributed by atoms with Gasteiger partial charge in [0.15, 0.2) is 0 Å². The van der Waals surface area contributed by atoms with Gasteiger partial charge in [-0.1, -0.05) is 92.7 Å². The molecule has 2 heterocycles. The average molecular weight is 609 g/mol. The normalized spacial score (nSPS) is 17.5. The maximum Gasteiger partial charge on any atom is 0.310 e. The zero-order valence-corrected chi connectivity index (χ0v) is 27.2. The maximum atomic E-state index is 13.2. The smallest absolute Gasteiger partial charge is 0.310 e. The molecule has 0 aliphatic carbocycles. The Bertz CT molecular complexity index is 2030. The zero-order chi connectivity index (χ0) is 32.1. The number of carbonyl (C=O) groups excluding carboxylic acids is 1. The van der Waals surface area contributed by atoms with Crippen LogP contribution in [0.25, 0.3) is 33.7 Å². The summed E-state index contributed by atoms with van der Waals surface area (Å²) < 4.78 is 19.2. The molecular formula is C42H40O4.